The predicted octanol–water partition coefficient (Wildman–Crippen LogP) is 23.9. The van der Waals surface area contributed by atoms with Crippen LogP contribution in [0.15, 0.2) is 158 Å². The highest BCUT2D eigenvalue weighted by Gasteiger charge is 2.16. The van der Waals surface area contributed by atoms with Gasteiger partial charge in [-0.3, -0.25) is 9.59 Å². The van der Waals surface area contributed by atoms with Gasteiger partial charge in [-0.25, -0.2) is 0 Å². The Hall–Kier alpha value is -4.48. The summed E-state index contributed by atoms with van der Waals surface area (Å²) in [6.07, 6.45) is 108. The number of allylic oxidation sites excluding steroid dienone is 26. The third-order valence-corrected chi connectivity index (χ3v) is 14.3. The van der Waals surface area contributed by atoms with E-state index in [1.807, 2.05) is 0 Å². The standard InChI is InChI=1S/C77H126O5/c1-3-5-7-9-11-13-15-17-19-21-23-25-27-29-31-33-35-37-38-40-41-43-45-47-49-51-53-55-57-59-61-63-65-67-69-71-76(79)81-74-75(73-78)82-77(80)72-70-68-66-64-62-60-58-56-54-52-50-48-46-44-42-39-36-34-32-30-28-26-24-22-20-18-16-14-12-10-8-6-4-2/h5-8,11-14,17-20,23-26,29-32,35-37,39,44,46,75,78H,3-4,9-10,15-16,21-22,27-28,33-34,38,40-43,45,47-74H2,1-2H3/b7-5-,8-6-,13-11-,14-12-,19-17-,20-18-,25-23-,26-24-,31-29-,32-30-,37-35-,39-36-,46-44-. The molecule has 0 bridgehead atoms. The molecule has 0 aromatic carbocycles. The summed E-state index contributed by atoms with van der Waals surface area (Å²) < 4.78 is 10.8. The molecule has 1 unspecified atom stereocenters. The van der Waals surface area contributed by atoms with Crippen molar-refractivity contribution in [1.82, 2.24) is 0 Å². The van der Waals surface area contributed by atoms with E-state index in [9.17, 15) is 14.7 Å². The Morgan fingerprint density at radius 2 is 0.488 bits per heavy atom. The number of aliphatic hydroxyl groups is 1. The van der Waals surface area contributed by atoms with Gasteiger partial charge in [0.1, 0.15) is 6.61 Å². The highest BCUT2D eigenvalue weighted by atomic mass is 16.6. The lowest BCUT2D eigenvalue weighted by molar-refractivity contribution is -0.161. The smallest absolute Gasteiger partial charge is 0.306 e. The van der Waals surface area contributed by atoms with Crippen LogP contribution < -0.4 is 0 Å². The topological polar surface area (TPSA) is 72.8 Å². The van der Waals surface area contributed by atoms with E-state index in [2.05, 4.69) is 172 Å². The minimum atomic E-state index is -0.785. The number of carbonyl (C=O) groups excluding carboxylic acids is 2. The van der Waals surface area contributed by atoms with Crippen LogP contribution in [-0.2, 0) is 19.1 Å². The number of carbonyl (C=O) groups is 2. The van der Waals surface area contributed by atoms with Crippen molar-refractivity contribution in [2.24, 2.45) is 0 Å². The fraction of sp³-hybridized carbons (Fsp3) is 0.636. The minimum Gasteiger partial charge on any atom is -0.462 e. The first kappa shape index (κ1) is 77.5. The van der Waals surface area contributed by atoms with Crippen molar-refractivity contribution in [3.8, 4) is 0 Å². The van der Waals surface area contributed by atoms with E-state index in [4.69, 9.17) is 9.47 Å². The first-order valence-corrected chi connectivity index (χ1v) is 34.0. The lowest BCUT2D eigenvalue weighted by atomic mass is 10.0. The number of unbranched alkanes of at least 4 members (excludes halogenated alkanes) is 27. The zero-order chi connectivity index (χ0) is 59.1. The van der Waals surface area contributed by atoms with E-state index in [0.717, 1.165) is 122 Å². The zero-order valence-electron chi connectivity index (χ0n) is 53.2. The third-order valence-electron chi connectivity index (χ3n) is 14.3. The fourth-order valence-corrected chi connectivity index (χ4v) is 9.31. The molecule has 464 valence electrons. The highest BCUT2D eigenvalue weighted by molar-refractivity contribution is 5.70. The maximum atomic E-state index is 12.4. The summed E-state index contributed by atoms with van der Waals surface area (Å²) in [7, 11) is 0. The van der Waals surface area contributed by atoms with Gasteiger partial charge in [-0.15, -0.1) is 0 Å². The Morgan fingerprint density at radius 1 is 0.280 bits per heavy atom. The molecule has 0 aromatic rings. The normalized spacial score (nSPS) is 13.3. The van der Waals surface area contributed by atoms with Crippen molar-refractivity contribution in [2.45, 2.75) is 302 Å². The van der Waals surface area contributed by atoms with Crippen LogP contribution in [0.1, 0.15) is 296 Å². The van der Waals surface area contributed by atoms with E-state index in [-0.39, 0.29) is 25.2 Å². The molecule has 0 aromatic heterocycles. The van der Waals surface area contributed by atoms with Gasteiger partial charge in [0.05, 0.1) is 6.61 Å². The van der Waals surface area contributed by atoms with Gasteiger partial charge in [0, 0.05) is 12.8 Å². The van der Waals surface area contributed by atoms with E-state index in [1.165, 1.54) is 148 Å². The van der Waals surface area contributed by atoms with Crippen LogP contribution >= 0.6 is 0 Å². The molecule has 0 aliphatic heterocycles. The van der Waals surface area contributed by atoms with E-state index < -0.39 is 6.10 Å². The quantitative estimate of drug-likeness (QED) is 0.0373. The van der Waals surface area contributed by atoms with Gasteiger partial charge in [-0.1, -0.05) is 320 Å². The van der Waals surface area contributed by atoms with Crippen LogP contribution in [0.2, 0.25) is 0 Å². The van der Waals surface area contributed by atoms with Gasteiger partial charge >= 0.3 is 11.9 Å². The van der Waals surface area contributed by atoms with Crippen LogP contribution in [0.4, 0.5) is 0 Å². The molecule has 5 heteroatoms. The Labute approximate surface area is 507 Å². The van der Waals surface area contributed by atoms with Gasteiger partial charge in [0.25, 0.3) is 0 Å². The maximum absolute atomic E-state index is 12.4. The van der Waals surface area contributed by atoms with Gasteiger partial charge in [-0.05, 0) is 122 Å². The predicted molar refractivity (Wildman–Crippen MR) is 361 cm³/mol. The molecule has 5 nitrogen and oxygen atoms in total. The van der Waals surface area contributed by atoms with Gasteiger partial charge in [0.2, 0.25) is 0 Å². The molecule has 0 aliphatic carbocycles. The summed E-state index contributed by atoms with van der Waals surface area (Å²) in [5, 5.41) is 9.70. The molecule has 0 saturated carbocycles. The first-order chi connectivity index (χ1) is 40.6. The fourth-order valence-electron chi connectivity index (χ4n) is 9.31. The number of aliphatic hydroxyl groups excluding tert-OH is 1. The van der Waals surface area contributed by atoms with Crippen molar-refractivity contribution >= 4 is 11.9 Å². The van der Waals surface area contributed by atoms with Gasteiger partial charge in [0.15, 0.2) is 6.10 Å². The molecule has 0 heterocycles. The third kappa shape index (κ3) is 68.0. The Kier molecular flexibility index (Phi) is 66.9. The molecular formula is C77H126O5. The van der Waals surface area contributed by atoms with Crippen molar-refractivity contribution in [3.05, 3.63) is 158 Å². The first-order valence-electron chi connectivity index (χ1n) is 34.0. The van der Waals surface area contributed by atoms with Crippen LogP contribution in [0.5, 0.6) is 0 Å². The van der Waals surface area contributed by atoms with Crippen LogP contribution in [0.25, 0.3) is 0 Å². The summed E-state index contributed by atoms with van der Waals surface area (Å²) >= 11 is 0. The second-order valence-corrected chi connectivity index (χ2v) is 22.1. The Morgan fingerprint density at radius 3 is 0.732 bits per heavy atom. The zero-order valence-corrected chi connectivity index (χ0v) is 53.2. The molecule has 0 spiro atoms. The lowest BCUT2D eigenvalue weighted by Crippen LogP contribution is -2.28. The molecule has 0 rings (SSSR count). The highest BCUT2D eigenvalue weighted by Crippen LogP contribution is 2.17. The van der Waals surface area contributed by atoms with E-state index in [0.29, 0.717) is 12.8 Å². The average molecular weight is 1130 g/mol. The van der Waals surface area contributed by atoms with Crippen LogP contribution in [0.3, 0.4) is 0 Å². The average Bonchev–Trinajstić information content (AvgIpc) is 3.49. The van der Waals surface area contributed by atoms with Crippen molar-refractivity contribution < 1.29 is 24.2 Å². The molecule has 82 heavy (non-hydrogen) atoms. The molecular weight excluding hydrogens is 1000 g/mol. The van der Waals surface area contributed by atoms with Crippen molar-refractivity contribution in [2.75, 3.05) is 13.2 Å². The summed E-state index contributed by atoms with van der Waals surface area (Å²) in [5.74, 6) is -0.594. The lowest BCUT2D eigenvalue weighted by Gasteiger charge is -2.15. The number of hydrogen-bond donors (Lipinski definition) is 1. The SMILES string of the molecule is CC/C=C\C/C=C\C/C=C\C/C=C\C/C=C\C/C=C\C/C=C\CCCCCCCCCCCCCC(=O)OC(CO)COC(=O)CCCCCCCCCCCCCCCCCC/C=C\C/C=C\C/C=C\C/C=C\C/C=C\C/C=C\CC. The summed E-state index contributed by atoms with van der Waals surface area (Å²) in [6.45, 7) is 3.92. The monoisotopic (exact) mass is 1130 g/mol. The molecule has 0 radical (unpaired) electrons. The molecule has 1 atom stereocenters. The number of esters is 2. The van der Waals surface area contributed by atoms with Gasteiger partial charge in [-0.2, -0.15) is 0 Å². The number of rotatable bonds is 61. The van der Waals surface area contributed by atoms with Crippen molar-refractivity contribution in [3.63, 3.8) is 0 Å². The summed E-state index contributed by atoms with van der Waals surface area (Å²) in [5.41, 5.74) is 0. The summed E-state index contributed by atoms with van der Waals surface area (Å²) in [4.78, 5) is 24.7. The molecule has 0 fully saturated rings. The molecule has 1 N–H and O–H groups in total. The molecule has 0 aliphatic rings. The van der Waals surface area contributed by atoms with Crippen LogP contribution in [-0.4, -0.2) is 36.4 Å². The minimum absolute atomic E-state index is 0.0732. The molecule has 0 amide bonds. The second kappa shape index (κ2) is 70.8. The molecule has 0 saturated heterocycles. The largest absolute Gasteiger partial charge is 0.462 e. The maximum Gasteiger partial charge on any atom is 0.306 e. The van der Waals surface area contributed by atoms with E-state index >= 15 is 0 Å². The van der Waals surface area contributed by atoms with Crippen molar-refractivity contribution in [1.29, 1.82) is 0 Å². The van der Waals surface area contributed by atoms with Gasteiger partial charge < -0.3 is 14.6 Å². The number of ether oxygens (including phenoxy) is 2. The Bertz CT molecular complexity index is 1760. The Balaban J connectivity index is 3.52. The second-order valence-electron chi connectivity index (χ2n) is 22.1. The van der Waals surface area contributed by atoms with Crippen LogP contribution in [0, 0.1) is 0 Å². The van der Waals surface area contributed by atoms with E-state index in [1.54, 1.807) is 0 Å². The number of hydrogen-bond acceptors (Lipinski definition) is 5. The summed E-state index contributed by atoms with van der Waals surface area (Å²) in [6, 6.07) is 0.